The zero-order valence-electron chi connectivity index (χ0n) is 10.5. The van der Waals surface area contributed by atoms with E-state index in [1.165, 1.54) is 38.5 Å². The van der Waals surface area contributed by atoms with Gasteiger partial charge in [0.1, 0.15) is 0 Å². The molecule has 17 heavy (non-hydrogen) atoms. The van der Waals surface area contributed by atoms with Crippen LogP contribution in [0.3, 0.4) is 0 Å². The van der Waals surface area contributed by atoms with Gasteiger partial charge in [-0.15, -0.1) is 0 Å². The number of ether oxygens (including phenoxy) is 1. The number of rotatable bonds is 3. The average Bonchev–Trinajstić information content (AvgIpc) is 3.03. The summed E-state index contributed by atoms with van der Waals surface area (Å²) in [5.41, 5.74) is 6.04. The van der Waals surface area contributed by atoms with Crippen LogP contribution in [0.5, 0.6) is 0 Å². The van der Waals surface area contributed by atoms with E-state index < -0.39 is 0 Å². The summed E-state index contributed by atoms with van der Waals surface area (Å²) in [6.45, 7) is 2.78. The van der Waals surface area contributed by atoms with E-state index in [1.54, 1.807) is 0 Å². The SMILES string of the molecule is NC1=NCC(C2CCCC2)N1CC1CCCO1. The summed E-state index contributed by atoms with van der Waals surface area (Å²) in [4.78, 5) is 6.78. The predicted molar refractivity (Wildman–Crippen MR) is 67.9 cm³/mol. The van der Waals surface area contributed by atoms with Gasteiger partial charge in [0.15, 0.2) is 5.96 Å². The standard InChI is InChI=1S/C13H23N3O/c14-13-15-8-12(10-4-1-2-5-10)16(13)9-11-6-3-7-17-11/h10-12H,1-9H2,(H2,14,15). The lowest BCUT2D eigenvalue weighted by Crippen LogP contribution is -2.47. The van der Waals surface area contributed by atoms with E-state index >= 15 is 0 Å². The van der Waals surface area contributed by atoms with E-state index in [9.17, 15) is 0 Å². The van der Waals surface area contributed by atoms with Gasteiger partial charge in [0, 0.05) is 13.2 Å². The third-order valence-corrected chi connectivity index (χ3v) is 4.50. The monoisotopic (exact) mass is 237 g/mol. The van der Waals surface area contributed by atoms with Crippen LogP contribution in [0, 0.1) is 5.92 Å². The fraction of sp³-hybridized carbons (Fsp3) is 0.923. The van der Waals surface area contributed by atoms with Crippen LogP contribution in [0.2, 0.25) is 0 Å². The molecule has 0 radical (unpaired) electrons. The number of aliphatic imine (C=N–C) groups is 1. The number of hydrogen-bond donors (Lipinski definition) is 1. The van der Waals surface area contributed by atoms with Gasteiger partial charge in [-0.05, 0) is 31.6 Å². The van der Waals surface area contributed by atoms with E-state index in [2.05, 4.69) is 9.89 Å². The molecular formula is C13H23N3O. The van der Waals surface area contributed by atoms with Crippen molar-refractivity contribution in [3.63, 3.8) is 0 Å². The molecule has 0 aromatic rings. The van der Waals surface area contributed by atoms with Gasteiger partial charge < -0.3 is 15.4 Å². The second-order valence-electron chi connectivity index (χ2n) is 5.60. The average molecular weight is 237 g/mol. The molecule has 0 bridgehead atoms. The third-order valence-electron chi connectivity index (χ3n) is 4.50. The van der Waals surface area contributed by atoms with Crippen molar-refractivity contribution in [3.05, 3.63) is 0 Å². The van der Waals surface area contributed by atoms with Crippen molar-refractivity contribution < 1.29 is 4.74 Å². The minimum Gasteiger partial charge on any atom is -0.376 e. The molecule has 0 spiro atoms. The fourth-order valence-electron chi connectivity index (χ4n) is 3.53. The van der Waals surface area contributed by atoms with Crippen LogP contribution in [0.25, 0.3) is 0 Å². The summed E-state index contributed by atoms with van der Waals surface area (Å²) >= 11 is 0. The van der Waals surface area contributed by atoms with Gasteiger partial charge in [-0.2, -0.15) is 0 Å². The molecule has 0 aromatic carbocycles. The largest absolute Gasteiger partial charge is 0.376 e. The molecule has 0 amide bonds. The Balaban J connectivity index is 1.63. The van der Waals surface area contributed by atoms with E-state index in [4.69, 9.17) is 10.5 Å². The third kappa shape index (κ3) is 2.28. The topological polar surface area (TPSA) is 50.8 Å². The van der Waals surface area contributed by atoms with Crippen molar-refractivity contribution in [3.8, 4) is 0 Å². The van der Waals surface area contributed by atoms with Crippen LogP contribution in [0.4, 0.5) is 0 Å². The summed E-state index contributed by atoms with van der Waals surface area (Å²) in [5, 5.41) is 0. The van der Waals surface area contributed by atoms with Crippen LogP contribution in [0.15, 0.2) is 4.99 Å². The Kier molecular flexibility index (Phi) is 3.23. The first-order chi connectivity index (χ1) is 8.34. The molecule has 96 valence electrons. The van der Waals surface area contributed by atoms with Crippen molar-refractivity contribution in [2.24, 2.45) is 16.6 Å². The summed E-state index contributed by atoms with van der Waals surface area (Å²) in [6, 6.07) is 0.557. The second-order valence-corrected chi connectivity index (χ2v) is 5.60. The molecule has 2 heterocycles. The van der Waals surface area contributed by atoms with Gasteiger partial charge in [-0.1, -0.05) is 12.8 Å². The van der Waals surface area contributed by atoms with Gasteiger partial charge in [0.25, 0.3) is 0 Å². The van der Waals surface area contributed by atoms with Gasteiger partial charge in [0.05, 0.1) is 18.7 Å². The Hall–Kier alpha value is -0.770. The lowest BCUT2D eigenvalue weighted by Gasteiger charge is -2.32. The predicted octanol–water partition coefficient (Wildman–Crippen LogP) is 1.35. The first-order valence-electron chi connectivity index (χ1n) is 7.03. The van der Waals surface area contributed by atoms with E-state index in [1.807, 2.05) is 0 Å². The van der Waals surface area contributed by atoms with Gasteiger partial charge in [0.2, 0.25) is 0 Å². The summed E-state index contributed by atoms with van der Waals surface area (Å²) in [6.07, 6.45) is 8.24. The molecule has 2 fully saturated rings. The summed E-state index contributed by atoms with van der Waals surface area (Å²) < 4.78 is 5.72. The number of nitrogens with zero attached hydrogens (tertiary/aromatic N) is 2. The minimum absolute atomic E-state index is 0.380. The number of hydrogen-bond acceptors (Lipinski definition) is 4. The molecule has 4 heteroatoms. The van der Waals surface area contributed by atoms with Crippen LogP contribution in [-0.4, -0.2) is 42.7 Å². The van der Waals surface area contributed by atoms with Crippen molar-refractivity contribution in [1.82, 2.24) is 4.90 Å². The minimum atomic E-state index is 0.380. The summed E-state index contributed by atoms with van der Waals surface area (Å²) in [5.74, 6) is 1.55. The van der Waals surface area contributed by atoms with Crippen LogP contribution in [0.1, 0.15) is 38.5 Å². The van der Waals surface area contributed by atoms with E-state index in [-0.39, 0.29) is 0 Å². The first-order valence-corrected chi connectivity index (χ1v) is 7.03. The maximum atomic E-state index is 6.04. The molecule has 3 aliphatic rings. The molecule has 1 saturated heterocycles. The Labute approximate surface area is 103 Å². The maximum absolute atomic E-state index is 6.04. The molecule has 1 aliphatic carbocycles. The van der Waals surface area contributed by atoms with E-state index in [0.29, 0.717) is 12.1 Å². The molecule has 2 atom stereocenters. The van der Waals surface area contributed by atoms with Crippen molar-refractivity contribution in [2.75, 3.05) is 19.7 Å². The zero-order valence-corrected chi connectivity index (χ0v) is 10.5. The highest BCUT2D eigenvalue weighted by atomic mass is 16.5. The van der Waals surface area contributed by atoms with Gasteiger partial charge in [-0.25, -0.2) is 0 Å². The highest BCUT2D eigenvalue weighted by Gasteiger charge is 2.35. The molecule has 4 nitrogen and oxygen atoms in total. The number of nitrogens with two attached hydrogens (primary N) is 1. The quantitative estimate of drug-likeness (QED) is 0.806. The van der Waals surface area contributed by atoms with Crippen LogP contribution >= 0.6 is 0 Å². The second kappa shape index (κ2) is 4.84. The van der Waals surface area contributed by atoms with Crippen LogP contribution < -0.4 is 5.73 Å². The highest BCUT2D eigenvalue weighted by molar-refractivity contribution is 5.80. The lowest BCUT2D eigenvalue weighted by molar-refractivity contribution is 0.0786. The number of guanidine groups is 1. The molecule has 3 rings (SSSR count). The van der Waals surface area contributed by atoms with Crippen molar-refractivity contribution >= 4 is 5.96 Å². The smallest absolute Gasteiger partial charge is 0.191 e. The van der Waals surface area contributed by atoms with E-state index in [0.717, 1.165) is 31.6 Å². The van der Waals surface area contributed by atoms with Gasteiger partial charge in [-0.3, -0.25) is 4.99 Å². The zero-order chi connectivity index (χ0) is 11.7. The Morgan fingerprint density at radius 2 is 2.06 bits per heavy atom. The van der Waals surface area contributed by atoms with Crippen LogP contribution in [-0.2, 0) is 4.74 Å². The fourth-order valence-corrected chi connectivity index (χ4v) is 3.53. The van der Waals surface area contributed by atoms with Gasteiger partial charge >= 0.3 is 0 Å². The normalized spacial score (nSPS) is 34.6. The van der Waals surface area contributed by atoms with Crippen molar-refractivity contribution in [1.29, 1.82) is 0 Å². The molecule has 2 aliphatic heterocycles. The molecule has 2 N–H and O–H groups in total. The molecule has 1 saturated carbocycles. The molecular weight excluding hydrogens is 214 g/mol. The maximum Gasteiger partial charge on any atom is 0.191 e. The molecule has 0 aromatic heterocycles. The Bertz CT molecular complexity index is 293. The summed E-state index contributed by atoms with van der Waals surface area (Å²) in [7, 11) is 0. The molecule has 2 unspecified atom stereocenters. The highest BCUT2D eigenvalue weighted by Crippen LogP contribution is 2.32. The first kappa shape index (κ1) is 11.3. The Morgan fingerprint density at radius 3 is 2.76 bits per heavy atom. The van der Waals surface area contributed by atoms with Crippen molar-refractivity contribution in [2.45, 2.75) is 50.7 Å². The lowest BCUT2D eigenvalue weighted by atomic mass is 9.97. The Morgan fingerprint density at radius 1 is 1.24 bits per heavy atom.